The highest BCUT2D eigenvalue weighted by molar-refractivity contribution is 7.93. The van der Waals surface area contributed by atoms with E-state index in [1.807, 2.05) is 0 Å². The number of hydrogen-bond donors (Lipinski definition) is 1. The first-order chi connectivity index (χ1) is 23.9. The largest absolute Gasteiger partial charge is 0.292 e. The maximum atomic E-state index is 14.5. The molecule has 1 saturated carbocycles. The van der Waals surface area contributed by atoms with E-state index in [4.69, 9.17) is 16.6 Å². The fraction of sp³-hybridized carbons (Fsp3) is 0.333. The number of benzene rings is 2. The number of carbonyl (C=O) groups is 1. The molecule has 0 aliphatic heterocycles. The maximum absolute atomic E-state index is 14.5. The summed E-state index contributed by atoms with van der Waals surface area (Å²) < 4.78 is 79.9. The Balaban J connectivity index is 1.58. The number of nitrogens with one attached hydrogen (secondary N) is 1. The van der Waals surface area contributed by atoms with Crippen LogP contribution in [0.25, 0.3) is 22.0 Å². The number of pyridine rings is 1. The van der Waals surface area contributed by atoms with Gasteiger partial charge in [-0.1, -0.05) is 23.6 Å². The highest BCUT2D eigenvalue weighted by atomic mass is 35.5. The average Bonchev–Trinajstić information content (AvgIpc) is 3.66. The number of rotatable bonds is 11. The smallest absolute Gasteiger partial charge is 0.181 e. The second-order valence-electron chi connectivity index (χ2n) is 13.4. The van der Waals surface area contributed by atoms with Crippen molar-refractivity contribution in [2.45, 2.75) is 61.2 Å². The Morgan fingerprint density at radius 3 is 2.37 bits per heavy atom. The number of aromatic amines is 1. The molecule has 1 fully saturated rings. The topological polar surface area (TPSA) is 145 Å². The van der Waals surface area contributed by atoms with Gasteiger partial charge in [0.25, 0.3) is 0 Å². The third-order valence-corrected chi connectivity index (χ3v) is 12.8. The fourth-order valence-electron chi connectivity index (χ4n) is 6.21. The molecule has 0 saturated heterocycles. The number of H-pyrrole nitrogens is 1. The number of aryl methyl sites for hydroxylation is 1. The van der Waals surface area contributed by atoms with Gasteiger partial charge < -0.3 is 0 Å². The Morgan fingerprint density at radius 1 is 1.06 bits per heavy atom. The third kappa shape index (κ3) is 7.75. The normalized spacial score (nSPS) is 14.3. The van der Waals surface area contributed by atoms with Gasteiger partial charge in [-0.3, -0.25) is 14.6 Å². The zero-order valence-electron chi connectivity index (χ0n) is 28.2. The second kappa shape index (κ2) is 13.6. The molecule has 0 radical (unpaired) electrons. The van der Waals surface area contributed by atoms with Crippen LogP contribution in [0.3, 0.4) is 0 Å². The molecule has 1 N–H and O–H groups in total. The van der Waals surface area contributed by atoms with E-state index in [2.05, 4.69) is 27.1 Å². The molecule has 0 bridgehead atoms. The van der Waals surface area contributed by atoms with E-state index in [1.165, 1.54) is 29.1 Å². The van der Waals surface area contributed by atoms with Gasteiger partial charge in [-0.15, -0.1) is 0 Å². The number of Topliss-reactive ketones (excluding diaryl/α,β-unsaturated/α-hetero) is 1. The van der Waals surface area contributed by atoms with Crippen molar-refractivity contribution in [1.29, 1.82) is 0 Å². The monoisotopic (exact) mass is 753 g/mol. The van der Waals surface area contributed by atoms with Gasteiger partial charge in [0.05, 0.1) is 32.9 Å². The molecule has 0 unspecified atom stereocenters. The Labute approximate surface area is 299 Å². The Bertz CT molecular complexity index is 2450. The first-order valence-electron chi connectivity index (χ1n) is 16.0. The van der Waals surface area contributed by atoms with Crippen LogP contribution in [0.1, 0.15) is 72.2 Å². The molecule has 0 amide bonds. The van der Waals surface area contributed by atoms with Crippen LogP contribution in [-0.4, -0.2) is 63.8 Å². The van der Waals surface area contributed by atoms with Crippen LogP contribution in [0.15, 0.2) is 54.7 Å². The van der Waals surface area contributed by atoms with Crippen LogP contribution in [0.5, 0.6) is 0 Å². The predicted octanol–water partition coefficient (Wildman–Crippen LogP) is 6.14. The second-order valence-corrected chi connectivity index (χ2v) is 18.7. The summed E-state index contributed by atoms with van der Waals surface area (Å²) in [6.45, 7) is 3.10. The Morgan fingerprint density at radius 2 is 1.75 bits per heavy atom. The molecule has 51 heavy (non-hydrogen) atoms. The molecule has 10 nitrogen and oxygen atoms in total. The molecule has 3 aromatic heterocycles. The first-order valence-corrected chi connectivity index (χ1v) is 20.0. The molecular weight excluding hydrogens is 720 g/mol. The fourth-order valence-corrected chi connectivity index (χ4v) is 8.96. The van der Waals surface area contributed by atoms with Gasteiger partial charge in [0, 0.05) is 54.4 Å². The van der Waals surface area contributed by atoms with Crippen LogP contribution < -0.4 is 0 Å². The summed E-state index contributed by atoms with van der Waals surface area (Å²) in [4.78, 5) is 18.5. The molecule has 266 valence electrons. The molecule has 1 aliphatic carbocycles. The predicted molar refractivity (Wildman–Crippen MR) is 191 cm³/mol. The van der Waals surface area contributed by atoms with E-state index < -0.39 is 47.2 Å². The van der Waals surface area contributed by atoms with Crippen molar-refractivity contribution in [3.8, 4) is 23.0 Å². The van der Waals surface area contributed by atoms with Crippen LogP contribution in [0, 0.1) is 23.5 Å². The molecule has 1 atom stereocenters. The third-order valence-electron chi connectivity index (χ3n) is 8.81. The van der Waals surface area contributed by atoms with Crippen molar-refractivity contribution >= 4 is 48.0 Å². The quantitative estimate of drug-likeness (QED) is 0.125. The number of nitrogens with zero attached hydrogens (tertiary/aromatic N) is 4. The van der Waals surface area contributed by atoms with Crippen molar-refractivity contribution < 1.29 is 30.4 Å². The molecule has 6 rings (SSSR count). The molecule has 3 heterocycles. The van der Waals surface area contributed by atoms with Crippen LogP contribution in [0.4, 0.5) is 8.78 Å². The number of aromatic nitrogens is 5. The SMILES string of the molecule is Cn1nc(CS(C)(=O)=O)c2c(Cl)ccc(-c3ccc(C#CC(C)(C)S(=O)(=O)C4CC4)nc3[C@@H](CC(=O)c3ccn[nH]3)Cc3cc(F)cc(F)c3)c21. The van der Waals surface area contributed by atoms with E-state index in [9.17, 15) is 30.4 Å². The number of ketones is 1. The lowest BCUT2D eigenvalue weighted by atomic mass is 9.85. The lowest BCUT2D eigenvalue weighted by Gasteiger charge is -2.21. The molecule has 15 heteroatoms. The highest BCUT2D eigenvalue weighted by Gasteiger charge is 2.45. The van der Waals surface area contributed by atoms with Crippen LogP contribution in [0.2, 0.25) is 5.02 Å². The number of fused-ring (bicyclic) bond motifs is 1. The van der Waals surface area contributed by atoms with Crippen molar-refractivity contribution in [3.05, 3.63) is 99.7 Å². The van der Waals surface area contributed by atoms with E-state index in [0.717, 1.165) is 12.3 Å². The summed E-state index contributed by atoms with van der Waals surface area (Å²) >= 11 is 6.65. The van der Waals surface area contributed by atoms with Crippen molar-refractivity contribution in [1.82, 2.24) is 25.0 Å². The van der Waals surface area contributed by atoms with Crippen molar-refractivity contribution in [2.24, 2.45) is 7.05 Å². The summed E-state index contributed by atoms with van der Waals surface area (Å²) in [6, 6.07) is 11.3. The van der Waals surface area contributed by atoms with E-state index in [-0.39, 0.29) is 52.0 Å². The number of carbonyl (C=O) groups excluding carboxylic acids is 1. The Hall–Kier alpha value is -4.45. The summed E-state index contributed by atoms with van der Waals surface area (Å²) in [5, 5.41) is 11.3. The van der Waals surface area contributed by atoms with E-state index >= 15 is 0 Å². The van der Waals surface area contributed by atoms with Gasteiger partial charge >= 0.3 is 0 Å². The average molecular weight is 754 g/mol. The zero-order chi connectivity index (χ0) is 36.9. The minimum atomic E-state index is -3.54. The van der Waals surface area contributed by atoms with Gasteiger partial charge in [-0.05, 0) is 81.0 Å². The number of sulfone groups is 2. The number of halogens is 3. The molecule has 1 aliphatic rings. The van der Waals surface area contributed by atoms with Crippen molar-refractivity contribution in [2.75, 3.05) is 6.26 Å². The Kier molecular flexibility index (Phi) is 9.69. The minimum absolute atomic E-state index is 0.0194. The van der Waals surface area contributed by atoms with Gasteiger partial charge in [0.15, 0.2) is 25.5 Å². The standard InChI is InChI=1S/C36H34ClF2N5O5S2/c1-36(2,51(48,49)26-6-7-26)13-11-25-5-8-27(28-9-10-29(37)33-31(20-50(4,46)47)43-44(3)35(28)33)34(41-25)22(18-32(45)30-12-14-40-42-30)15-21-16-23(38)19-24(39)17-21/h5,8-10,12,14,16-17,19,22,26H,6-7,15,18,20H2,1-4H3,(H,40,42)/t22-/m1/s1. The van der Waals surface area contributed by atoms with Crippen LogP contribution >= 0.6 is 11.6 Å². The molecular formula is C36H34ClF2N5O5S2. The van der Waals surface area contributed by atoms with Gasteiger partial charge in [-0.25, -0.2) is 30.6 Å². The highest BCUT2D eigenvalue weighted by Crippen LogP contribution is 2.40. The first kappa shape index (κ1) is 36.3. The zero-order valence-corrected chi connectivity index (χ0v) is 30.6. The summed E-state index contributed by atoms with van der Waals surface area (Å²) in [5.41, 5.74) is 2.83. The lowest BCUT2D eigenvalue weighted by molar-refractivity contribution is 0.0968. The number of hydrogen-bond acceptors (Lipinski definition) is 8. The van der Waals surface area contributed by atoms with Gasteiger partial charge in [0.2, 0.25) is 0 Å². The molecule has 5 aromatic rings. The maximum Gasteiger partial charge on any atom is 0.181 e. The summed E-state index contributed by atoms with van der Waals surface area (Å²) in [7, 11) is -5.38. The van der Waals surface area contributed by atoms with Crippen molar-refractivity contribution in [3.63, 3.8) is 0 Å². The summed E-state index contributed by atoms with van der Waals surface area (Å²) in [5.74, 6) is 2.75. The van der Waals surface area contributed by atoms with Gasteiger partial charge in [0.1, 0.15) is 27.8 Å². The minimum Gasteiger partial charge on any atom is -0.292 e. The van der Waals surface area contributed by atoms with Crippen LogP contribution in [-0.2, 0) is 38.9 Å². The lowest BCUT2D eigenvalue weighted by Crippen LogP contribution is -2.33. The van der Waals surface area contributed by atoms with E-state index in [1.54, 1.807) is 45.2 Å². The van der Waals surface area contributed by atoms with Gasteiger partial charge in [-0.2, -0.15) is 10.2 Å². The van der Waals surface area contributed by atoms with E-state index in [0.29, 0.717) is 40.6 Å². The summed E-state index contributed by atoms with van der Waals surface area (Å²) in [6.07, 6.45) is 3.53. The molecule has 2 aromatic carbocycles. The molecule has 0 spiro atoms.